The normalized spacial score (nSPS) is 15.7. The largest absolute Gasteiger partial charge is 0.469 e. The Morgan fingerprint density at radius 3 is 2.71 bits per heavy atom. The Morgan fingerprint density at radius 1 is 1.23 bits per heavy atom. The lowest BCUT2D eigenvalue weighted by Gasteiger charge is -2.37. The van der Waals surface area contributed by atoms with Gasteiger partial charge in [-0.15, -0.1) is 0 Å². The fraction of sp³-hybridized carbons (Fsp3) is 0.300. The molecule has 1 atom stereocenters. The lowest BCUT2D eigenvalue weighted by molar-refractivity contribution is -0.151. The molecule has 0 amide bonds. The third-order valence-electron chi connectivity index (χ3n) is 6.61. The fourth-order valence-corrected chi connectivity index (χ4v) is 4.66. The summed E-state index contributed by atoms with van der Waals surface area (Å²) in [5.74, 6) is 0.126. The SMILES string of the molecule is C=C(/C=C\C=C/C)C(CC)c1ccc2oc(-c3ccc(CN4CC(C(=O)OC)C4)cc3F)cc2c1. The van der Waals surface area contributed by atoms with E-state index in [1.165, 1.54) is 7.11 Å². The highest BCUT2D eigenvalue weighted by atomic mass is 19.1. The second-order valence-corrected chi connectivity index (χ2v) is 9.06. The number of esters is 1. The van der Waals surface area contributed by atoms with Crippen molar-refractivity contribution < 1.29 is 18.3 Å². The van der Waals surface area contributed by atoms with Crippen molar-refractivity contribution in [2.75, 3.05) is 20.2 Å². The number of allylic oxidation sites excluding steroid dienone is 5. The number of hydrogen-bond acceptors (Lipinski definition) is 4. The molecule has 3 aromatic rings. The summed E-state index contributed by atoms with van der Waals surface area (Å²) in [6.45, 7) is 10.3. The number of methoxy groups -OCH3 is 1. The standard InChI is InChI=1S/C30H32FNO3/c1-5-7-8-9-20(3)25(6-2)22-11-13-28-23(15-22)16-29(35-28)26-12-10-21(14-27(26)31)17-32-18-24(19-32)30(33)34-4/h5,7-16,24-25H,3,6,17-19H2,1-2,4H3/b7-5-,9-8-. The van der Waals surface area contributed by atoms with Gasteiger partial charge in [0, 0.05) is 30.9 Å². The lowest BCUT2D eigenvalue weighted by Crippen LogP contribution is -2.49. The molecule has 1 aromatic heterocycles. The van der Waals surface area contributed by atoms with Crippen LogP contribution in [0, 0.1) is 11.7 Å². The van der Waals surface area contributed by atoms with Gasteiger partial charge >= 0.3 is 5.97 Å². The molecule has 4 nitrogen and oxygen atoms in total. The number of ether oxygens (including phenoxy) is 1. The number of likely N-dealkylation sites (tertiary alicyclic amines) is 1. The van der Waals surface area contributed by atoms with Crippen molar-refractivity contribution in [2.45, 2.75) is 32.7 Å². The van der Waals surface area contributed by atoms with Gasteiger partial charge in [-0.1, -0.05) is 49.9 Å². The Morgan fingerprint density at radius 2 is 2.03 bits per heavy atom. The minimum Gasteiger partial charge on any atom is -0.469 e. The fourth-order valence-electron chi connectivity index (χ4n) is 4.66. The summed E-state index contributed by atoms with van der Waals surface area (Å²) >= 11 is 0. The predicted molar refractivity (Wildman–Crippen MR) is 139 cm³/mol. The molecule has 35 heavy (non-hydrogen) atoms. The summed E-state index contributed by atoms with van der Waals surface area (Å²) in [7, 11) is 1.40. The van der Waals surface area contributed by atoms with Crippen molar-refractivity contribution in [3.05, 3.63) is 95.9 Å². The summed E-state index contributed by atoms with van der Waals surface area (Å²) in [6.07, 6.45) is 8.97. The first-order chi connectivity index (χ1) is 16.9. The van der Waals surface area contributed by atoms with E-state index in [2.05, 4.69) is 30.5 Å². The first-order valence-electron chi connectivity index (χ1n) is 12.0. The van der Waals surface area contributed by atoms with Gasteiger partial charge in [-0.25, -0.2) is 4.39 Å². The number of rotatable bonds is 9. The maximum Gasteiger partial charge on any atom is 0.311 e. The van der Waals surface area contributed by atoms with Crippen molar-refractivity contribution in [3.8, 4) is 11.3 Å². The molecule has 5 heteroatoms. The Bertz CT molecular complexity index is 1280. The summed E-state index contributed by atoms with van der Waals surface area (Å²) < 4.78 is 25.8. The molecule has 0 saturated carbocycles. The number of carbonyl (C=O) groups is 1. The summed E-state index contributed by atoms with van der Waals surface area (Å²) in [5, 5.41) is 0.944. The van der Waals surface area contributed by atoms with Crippen LogP contribution in [-0.2, 0) is 16.1 Å². The number of halogens is 1. The molecule has 4 rings (SSSR count). The van der Waals surface area contributed by atoms with Crippen LogP contribution < -0.4 is 0 Å². The van der Waals surface area contributed by atoms with Gasteiger partial charge in [-0.2, -0.15) is 0 Å². The molecule has 0 spiro atoms. The number of nitrogens with zero attached hydrogens (tertiary/aromatic N) is 1. The third-order valence-corrected chi connectivity index (χ3v) is 6.61. The van der Waals surface area contributed by atoms with Gasteiger partial charge in [0.2, 0.25) is 0 Å². The Hall–Kier alpha value is -3.44. The average molecular weight is 474 g/mol. The molecule has 182 valence electrons. The van der Waals surface area contributed by atoms with Crippen LogP contribution in [0.25, 0.3) is 22.3 Å². The molecule has 1 fully saturated rings. The van der Waals surface area contributed by atoms with Crippen molar-refractivity contribution >= 4 is 16.9 Å². The predicted octanol–water partition coefficient (Wildman–Crippen LogP) is 7.03. The van der Waals surface area contributed by atoms with Crippen LogP contribution in [-0.4, -0.2) is 31.1 Å². The van der Waals surface area contributed by atoms with E-state index in [0.717, 1.165) is 34.1 Å². The van der Waals surface area contributed by atoms with Crippen LogP contribution in [0.2, 0.25) is 0 Å². The van der Waals surface area contributed by atoms with Crippen LogP contribution >= 0.6 is 0 Å². The molecule has 1 unspecified atom stereocenters. The number of carbonyl (C=O) groups excluding carboxylic acids is 1. The van der Waals surface area contributed by atoms with Gasteiger partial charge < -0.3 is 9.15 Å². The van der Waals surface area contributed by atoms with E-state index in [-0.39, 0.29) is 23.6 Å². The molecule has 1 saturated heterocycles. The smallest absolute Gasteiger partial charge is 0.311 e. The Labute approximate surface area is 206 Å². The highest BCUT2D eigenvalue weighted by Gasteiger charge is 2.33. The summed E-state index contributed by atoms with van der Waals surface area (Å²) in [5.41, 5.74) is 4.25. The van der Waals surface area contributed by atoms with Crippen LogP contribution in [0.15, 0.2) is 83.3 Å². The molecular formula is C30H32FNO3. The maximum atomic E-state index is 15.0. The molecule has 0 N–H and O–H groups in total. The van der Waals surface area contributed by atoms with E-state index >= 15 is 4.39 Å². The van der Waals surface area contributed by atoms with Crippen molar-refractivity contribution in [1.82, 2.24) is 4.90 Å². The van der Waals surface area contributed by atoms with E-state index in [1.54, 1.807) is 12.1 Å². The maximum absolute atomic E-state index is 15.0. The molecule has 0 aliphatic carbocycles. The van der Waals surface area contributed by atoms with Crippen LogP contribution in [0.5, 0.6) is 0 Å². The monoisotopic (exact) mass is 473 g/mol. The van der Waals surface area contributed by atoms with Gasteiger partial charge in [0.05, 0.1) is 18.6 Å². The van der Waals surface area contributed by atoms with Gasteiger partial charge in [-0.3, -0.25) is 9.69 Å². The van der Waals surface area contributed by atoms with Crippen molar-refractivity contribution in [2.24, 2.45) is 5.92 Å². The summed E-state index contributed by atoms with van der Waals surface area (Å²) in [4.78, 5) is 13.7. The molecule has 2 heterocycles. The molecular weight excluding hydrogens is 441 g/mol. The van der Waals surface area contributed by atoms with E-state index in [0.29, 0.717) is 31.0 Å². The van der Waals surface area contributed by atoms with Crippen molar-refractivity contribution in [3.63, 3.8) is 0 Å². The summed E-state index contributed by atoms with van der Waals surface area (Å²) in [6, 6.07) is 13.3. The zero-order valence-electron chi connectivity index (χ0n) is 20.6. The molecule has 2 aromatic carbocycles. The van der Waals surface area contributed by atoms with Crippen LogP contribution in [0.4, 0.5) is 4.39 Å². The molecule has 0 bridgehead atoms. The third kappa shape index (κ3) is 5.46. The van der Waals surface area contributed by atoms with Gasteiger partial charge in [0.15, 0.2) is 0 Å². The van der Waals surface area contributed by atoms with E-state index in [4.69, 9.17) is 9.15 Å². The average Bonchev–Trinajstić information content (AvgIpc) is 3.24. The highest BCUT2D eigenvalue weighted by molar-refractivity contribution is 5.84. The number of fused-ring (bicyclic) bond motifs is 1. The minimum absolute atomic E-state index is 0.0850. The van der Waals surface area contributed by atoms with E-state index in [1.807, 2.05) is 49.4 Å². The van der Waals surface area contributed by atoms with Gasteiger partial charge in [0.1, 0.15) is 17.2 Å². The van der Waals surface area contributed by atoms with E-state index < -0.39 is 0 Å². The molecule has 1 aliphatic rings. The van der Waals surface area contributed by atoms with Crippen LogP contribution in [0.1, 0.15) is 37.3 Å². The highest BCUT2D eigenvalue weighted by Crippen LogP contribution is 2.34. The zero-order chi connectivity index (χ0) is 24.9. The van der Waals surface area contributed by atoms with E-state index in [9.17, 15) is 4.79 Å². The molecule has 0 radical (unpaired) electrons. The van der Waals surface area contributed by atoms with Gasteiger partial charge in [-0.05, 0) is 60.4 Å². The topological polar surface area (TPSA) is 42.7 Å². The lowest BCUT2D eigenvalue weighted by atomic mass is 9.89. The Balaban J connectivity index is 1.50. The first kappa shape index (κ1) is 24.7. The molecule has 1 aliphatic heterocycles. The quantitative estimate of drug-likeness (QED) is 0.247. The van der Waals surface area contributed by atoms with Crippen LogP contribution in [0.3, 0.4) is 0 Å². The van der Waals surface area contributed by atoms with Gasteiger partial charge in [0.25, 0.3) is 0 Å². The number of benzene rings is 2. The van der Waals surface area contributed by atoms with Crippen molar-refractivity contribution in [1.29, 1.82) is 0 Å². The second-order valence-electron chi connectivity index (χ2n) is 9.06. The number of hydrogen-bond donors (Lipinski definition) is 0. The first-order valence-corrected chi connectivity index (χ1v) is 12.0. The zero-order valence-corrected chi connectivity index (χ0v) is 20.6. The minimum atomic E-state index is -0.319. The number of furan rings is 1. The Kier molecular flexibility index (Phi) is 7.67. The second kappa shape index (κ2) is 10.9.